The van der Waals surface area contributed by atoms with Crippen LogP contribution >= 0.6 is 0 Å². The number of rotatable bonds is 3. The molecule has 0 amide bonds. The Morgan fingerprint density at radius 2 is 1.96 bits per heavy atom. The molecule has 1 fully saturated rings. The number of piperazine rings is 1. The number of fused-ring (bicyclic) bond motifs is 3. The van der Waals surface area contributed by atoms with Crippen LogP contribution in [0.25, 0.3) is 21.8 Å². The Labute approximate surface area is 160 Å². The molecule has 1 aliphatic heterocycles. The van der Waals surface area contributed by atoms with Gasteiger partial charge in [-0.1, -0.05) is 6.07 Å². The normalized spacial score (nSPS) is 15.5. The van der Waals surface area contributed by atoms with Crippen molar-refractivity contribution in [3.63, 3.8) is 0 Å². The maximum atomic E-state index is 14.8. The number of nitrogens with zero attached hydrogens (tertiary/aromatic N) is 4. The van der Waals surface area contributed by atoms with Crippen LogP contribution in [0.15, 0.2) is 29.2 Å². The Morgan fingerprint density at radius 3 is 2.61 bits per heavy atom. The molecule has 2 aromatic heterocycles. The van der Waals surface area contributed by atoms with Crippen LogP contribution in [0.1, 0.15) is 17.3 Å². The third-order valence-corrected chi connectivity index (χ3v) is 5.33. The predicted octanol–water partition coefficient (Wildman–Crippen LogP) is 2.16. The minimum Gasteiger partial charge on any atom is -0.477 e. The molecule has 0 unspecified atom stereocenters. The summed E-state index contributed by atoms with van der Waals surface area (Å²) in [6, 6.07) is 4.61. The largest absolute Gasteiger partial charge is 0.477 e. The van der Waals surface area contributed by atoms with Gasteiger partial charge in [-0.25, -0.2) is 14.2 Å². The molecule has 0 bridgehead atoms. The van der Waals surface area contributed by atoms with Crippen molar-refractivity contribution in [1.82, 2.24) is 14.5 Å². The minimum atomic E-state index is -1.26. The van der Waals surface area contributed by atoms with Gasteiger partial charge in [-0.3, -0.25) is 4.79 Å². The summed E-state index contributed by atoms with van der Waals surface area (Å²) in [6.45, 7) is 5.28. The average molecular weight is 384 g/mol. The fraction of sp³-hybridized carbons (Fsp3) is 0.350. The number of carbonyl (C=O) groups is 1. The van der Waals surface area contributed by atoms with Gasteiger partial charge in [0.05, 0.1) is 11.0 Å². The van der Waals surface area contributed by atoms with Gasteiger partial charge in [0.15, 0.2) is 11.6 Å². The molecule has 1 aliphatic rings. The van der Waals surface area contributed by atoms with Gasteiger partial charge < -0.3 is 19.5 Å². The van der Waals surface area contributed by atoms with Gasteiger partial charge in [0, 0.05) is 49.7 Å². The van der Waals surface area contributed by atoms with Crippen LogP contribution in [0.2, 0.25) is 0 Å². The molecular weight excluding hydrogens is 363 g/mol. The minimum absolute atomic E-state index is 0.269. The van der Waals surface area contributed by atoms with Crippen molar-refractivity contribution in [2.45, 2.75) is 13.5 Å². The van der Waals surface area contributed by atoms with E-state index in [1.807, 2.05) is 18.9 Å². The van der Waals surface area contributed by atoms with Crippen molar-refractivity contribution in [2.24, 2.45) is 0 Å². The second-order valence-electron chi connectivity index (χ2n) is 7.08. The zero-order valence-corrected chi connectivity index (χ0v) is 15.8. The van der Waals surface area contributed by atoms with E-state index in [0.29, 0.717) is 36.1 Å². The summed E-state index contributed by atoms with van der Waals surface area (Å²) >= 11 is 0. The molecule has 28 heavy (non-hydrogen) atoms. The van der Waals surface area contributed by atoms with E-state index in [0.717, 1.165) is 13.1 Å². The highest BCUT2D eigenvalue weighted by molar-refractivity contribution is 6.05. The second-order valence-corrected chi connectivity index (χ2v) is 7.08. The number of anilines is 1. The third kappa shape index (κ3) is 2.90. The van der Waals surface area contributed by atoms with E-state index >= 15 is 0 Å². The van der Waals surface area contributed by atoms with Gasteiger partial charge >= 0.3 is 5.97 Å². The number of carboxylic acid groups (broad SMARTS) is 1. The summed E-state index contributed by atoms with van der Waals surface area (Å²) < 4.78 is 16.5. The molecule has 146 valence electrons. The molecule has 1 N–H and O–H groups in total. The van der Waals surface area contributed by atoms with Gasteiger partial charge in [0.25, 0.3) is 0 Å². The quantitative estimate of drug-likeness (QED) is 0.698. The lowest BCUT2D eigenvalue weighted by Crippen LogP contribution is -2.45. The molecule has 0 radical (unpaired) electrons. The van der Waals surface area contributed by atoms with Crippen LogP contribution in [-0.4, -0.2) is 58.8 Å². The number of pyridine rings is 2. The number of halogens is 1. The summed E-state index contributed by atoms with van der Waals surface area (Å²) in [6.07, 6.45) is 1.34. The Hall–Kier alpha value is -3.00. The maximum Gasteiger partial charge on any atom is 0.341 e. The number of likely N-dealkylation sites (N-methyl/N-ethyl adjacent to an activating group) is 1. The lowest BCUT2D eigenvalue weighted by atomic mass is 10.1. The van der Waals surface area contributed by atoms with Crippen molar-refractivity contribution in [3.8, 4) is 0 Å². The van der Waals surface area contributed by atoms with Gasteiger partial charge in [0.2, 0.25) is 5.43 Å². The van der Waals surface area contributed by atoms with E-state index in [1.54, 1.807) is 16.7 Å². The first-order valence-corrected chi connectivity index (χ1v) is 9.24. The Balaban J connectivity index is 2.00. The molecular formula is C20H21FN4O3. The smallest absolute Gasteiger partial charge is 0.341 e. The van der Waals surface area contributed by atoms with Gasteiger partial charge in [-0.2, -0.15) is 0 Å². The van der Waals surface area contributed by atoms with E-state index < -0.39 is 17.2 Å². The monoisotopic (exact) mass is 384 g/mol. The standard InChI is InChI=1S/C20H21FN4O3/c1-3-24-11-14(20(27)28)18(26)13-5-4-12-10-15(21)19(22-16(12)17(13)24)25-8-6-23(2)7-9-25/h4-5,10-11H,3,6-9H2,1-2H3,(H,27,28). The first kappa shape index (κ1) is 18.4. The highest BCUT2D eigenvalue weighted by atomic mass is 19.1. The van der Waals surface area contributed by atoms with E-state index in [2.05, 4.69) is 9.88 Å². The maximum absolute atomic E-state index is 14.8. The van der Waals surface area contributed by atoms with Crippen molar-refractivity contribution < 1.29 is 14.3 Å². The van der Waals surface area contributed by atoms with Gasteiger partial charge in [0.1, 0.15) is 5.56 Å². The molecule has 1 saturated heterocycles. The molecule has 8 heteroatoms. The Bertz CT molecular complexity index is 1150. The van der Waals surface area contributed by atoms with E-state index in [4.69, 9.17) is 0 Å². The first-order valence-electron chi connectivity index (χ1n) is 9.24. The van der Waals surface area contributed by atoms with Crippen LogP contribution in [0.4, 0.5) is 10.2 Å². The van der Waals surface area contributed by atoms with Crippen molar-refractivity contribution in [2.75, 3.05) is 38.1 Å². The van der Waals surface area contributed by atoms with Crippen molar-refractivity contribution in [3.05, 3.63) is 46.0 Å². The number of aryl methyl sites for hydroxylation is 1. The summed E-state index contributed by atoms with van der Waals surface area (Å²) in [5, 5.41) is 10.2. The van der Waals surface area contributed by atoms with E-state index in [1.165, 1.54) is 12.3 Å². The fourth-order valence-corrected chi connectivity index (χ4v) is 3.73. The van der Waals surface area contributed by atoms with Crippen LogP contribution in [0, 0.1) is 5.82 Å². The summed E-state index contributed by atoms with van der Waals surface area (Å²) in [4.78, 5) is 32.8. The van der Waals surface area contributed by atoms with Crippen LogP contribution in [0.3, 0.4) is 0 Å². The summed E-state index contributed by atoms with van der Waals surface area (Å²) in [5.41, 5.74) is 0.200. The van der Waals surface area contributed by atoms with Crippen LogP contribution < -0.4 is 10.3 Å². The molecule has 0 aliphatic carbocycles. The number of carboxylic acids is 1. The number of hydrogen-bond acceptors (Lipinski definition) is 5. The third-order valence-electron chi connectivity index (χ3n) is 5.33. The predicted molar refractivity (Wildman–Crippen MR) is 106 cm³/mol. The highest BCUT2D eigenvalue weighted by Gasteiger charge is 2.22. The Morgan fingerprint density at radius 1 is 1.25 bits per heavy atom. The molecule has 1 aromatic carbocycles. The molecule has 4 rings (SSSR count). The van der Waals surface area contributed by atoms with Crippen molar-refractivity contribution >= 4 is 33.6 Å². The van der Waals surface area contributed by atoms with E-state index in [-0.39, 0.29) is 16.8 Å². The van der Waals surface area contributed by atoms with E-state index in [9.17, 15) is 19.1 Å². The van der Waals surface area contributed by atoms with Crippen LogP contribution in [0.5, 0.6) is 0 Å². The first-order chi connectivity index (χ1) is 13.4. The highest BCUT2D eigenvalue weighted by Crippen LogP contribution is 2.28. The summed E-state index contributed by atoms with van der Waals surface area (Å²) in [7, 11) is 2.02. The second kappa shape index (κ2) is 6.87. The average Bonchev–Trinajstić information content (AvgIpc) is 2.68. The zero-order valence-electron chi connectivity index (χ0n) is 15.8. The zero-order chi connectivity index (χ0) is 20.0. The lowest BCUT2D eigenvalue weighted by molar-refractivity contribution is 0.0695. The summed E-state index contributed by atoms with van der Waals surface area (Å²) in [5.74, 6) is -1.39. The number of aromatic nitrogens is 2. The topological polar surface area (TPSA) is 78.7 Å². The fourth-order valence-electron chi connectivity index (χ4n) is 3.73. The number of benzene rings is 1. The number of aromatic carboxylic acids is 1. The SMILES string of the molecule is CCn1cc(C(=O)O)c(=O)c2ccc3cc(F)c(N4CCN(C)CC4)nc3c21. The Kier molecular flexibility index (Phi) is 4.50. The molecule has 0 atom stereocenters. The molecule has 0 saturated carbocycles. The van der Waals surface area contributed by atoms with Crippen molar-refractivity contribution in [1.29, 1.82) is 0 Å². The molecule has 3 aromatic rings. The molecule has 7 nitrogen and oxygen atoms in total. The molecule has 0 spiro atoms. The van der Waals surface area contributed by atoms with Gasteiger partial charge in [-0.15, -0.1) is 0 Å². The van der Waals surface area contributed by atoms with Gasteiger partial charge in [-0.05, 0) is 26.1 Å². The molecule has 3 heterocycles. The van der Waals surface area contributed by atoms with Crippen LogP contribution in [-0.2, 0) is 6.54 Å². The lowest BCUT2D eigenvalue weighted by Gasteiger charge is -2.33. The number of hydrogen-bond donors (Lipinski definition) is 1.